The number of hydrogen-bond donors (Lipinski definition) is 1. The highest BCUT2D eigenvalue weighted by molar-refractivity contribution is 7.95. The summed E-state index contributed by atoms with van der Waals surface area (Å²) in [5.74, 6) is -0.170. The largest absolute Gasteiger partial charge is 0.330 e. The normalized spacial score (nSPS) is 29.3. The average molecular weight is 311 g/mol. The second-order valence-electron chi connectivity index (χ2n) is 5.62. The number of sulfone groups is 2. The molecule has 0 spiro atoms. The summed E-state index contributed by atoms with van der Waals surface area (Å²) < 4.78 is 47.0. The number of hydrogen-bond acceptors (Lipinski definition) is 5. The van der Waals surface area contributed by atoms with Crippen molar-refractivity contribution >= 4 is 19.7 Å². The zero-order chi connectivity index (χ0) is 14.7. The molecule has 1 aliphatic rings. The standard InChI is InChI=1S/C12H25NO4S2/c1-3-10-4-5-11(9-13)12(8-10)19(16,17)7-6-18(2,14)15/h10-12H,3-9,13H2,1-2H3. The van der Waals surface area contributed by atoms with Gasteiger partial charge in [-0.3, -0.25) is 0 Å². The smallest absolute Gasteiger partial charge is 0.154 e. The first kappa shape index (κ1) is 16.9. The molecule has 5 nitrogen and oxygen atoms in total. The summed E-state index contributed by atoms with van der Waals surface area (Å²) >= 11 is 0. The van der Waals surface area contributed by atoms with Crippen molar-refractivity contribution < 1.29 is 16.8 Å². The molecule has 1 fully saturated rings. The van der Waals surface area contributed by atoms with Crippen LogP contribution in [0.4, 0.5) is 0 Å². The molecule has 3 unspecified atom stereocenters. The second-order valence-corrected chi connectivity index (χ2v) is 10.2. The van der Waals surface area contributed by atoms with Gasteiger partial charge >= 0.3 is 0 Å². The predicted molar refractivity (Wildman–Crippen MR) is 77.5 cm³/mol. The first-order valence-corrected chi connectivity index (χ1v) is 10.6. The summed E-state index contributed by atoms with van der Waals surface area (Å²) in [5, 5.41) is -0.460. The maximum absolute atomic E-state index is 12.3. The molecule has 0 saturated heterocycles. The molecule has 19 heavy (non-hydrogen) atoms. The molecule has 0 aliphatic heterocycles. The van der Waals surface area contributed by atoms with Gasteiger partial charge in [-0.05, 0) is 31.2 Å². The van der Waals surface area contributed by atoms with Crippen molar-refractivity contribution in [1.82, 2.24) is 0 Å². The Bertz CT molecular complexity index is 484. The van der Waals surface area contributed by atoms with Crippen molar-refractivity contribution in [2.24, 2.45) is 17.6 Å². The van der Waals surface area contributed by atoms with Crippen molar-refractivity contribution in [2.45, 2.75) is 37.9 Å². The minimum Gasteiger partial charge on any atom is -0.330 e. The minimum absolute atomic E-state index is 0.0210. The lowest BCUT2D eigenvalue weighted by molar-refractivity contribution is 0.275. The zero-order valence-electron chi connectivity index (χ0n) is 11.7. The van der Waals surface area contributed by atoms with Crippen molar-refractivity contribution in [3.05, 3.63) is 0 Å². The fraction of sp³-hybridized carbons (Fsp3) is 1.00. The van der Waals surface area contributed by atoms with E-state index >= 15 is 0 Å². The number of rotatable bonds is 6. The van der Waals surface area contributed by atoms with Gasteiger partial charge in [0.1, 0.15) is 9.84 Å². The van der Waals surface area contributed by atoms with Crippen LogP contribution in [0, 0.1) is 11.8 Å². The van der Waals surface area contributed by atoms with Gasteiger partial charge in [0, 0.05) is 6.26 Å². The van der Waals surface area contributed by atoms with Gasteiger partial charge in [-0.2, -0.15) is 0 Å². The predicted octanol–water partition coefficient (Wildman–Crippen LogP) is 0.599. The summed E-state index contributed by atoms with van der Waals surface area (Å²) in [6, 6.07) is 0. The highest BCUT2D eigenvalue weighted by atomic mass is 32.2. The van der Waals surface area contributed by atoms with Gasteiger partial charge in [-0.1, -0.05) is 19.8 Å². The van der Waals surface area contributed by atoms with Crippen LogP contribution in [0.15, 0.2) is 0 Å². The quantitative estimate of drug-likeness (QED) is 0.775. The minimum atomic E-state index is -3.38. The summed E-state index contributed by atoms with van der Waals surface area (Å²) in [6.07, 6.45) is 4.52. The third-order valence-corrected chi connectivity index (χ3v) is 7.59. The Balaban J connectivity index is 2.82. The topological polar surface area (TPSA) is 94.3 Å². The van der Waals surface area contributed by atoms with Gasteiger partial charge < -0.3 is 5.73 Å². The molecule has 114 valence electrons. The average Bonchev–Trinajstić information content (AvgIpc) is 2.35. The molecule has 0 aromatic heterocycles. The summed E-state index contributed by atoms with van der Waals surface area (Å²) in [6.45, 7) is 2.42. The lowest BCUT2D eigenvalue weighted by Gasteiger charge is -2.34. The van der Waals surface area contributed by atoms with E-state index in [0.29, 0.717) is 18.9 Å². The number of nitrogens with two attached hydrogens (primary N) is 1. The van der Waals surface area contributed by atoms with Crippen LogP contribution in [0.2, 0.25) is 0 Å². The molecule has 0 amide bonds. The van der Waals surface area contributed by atoms with Crippen molar-refractivity contribution in [3.63, 3.8) is 0 Å². The summed E-state index contributed by atoms with van der Waals surface area (Å²) in [7, 11) is -6.63. The molecule has 0 heterocycles. The maximum Gasteiger partial charge on any atom is 0.154 e. The Morgan fingerprint density at radius 1 is 1.11 bits per heavy atom. The molecular formula is C12H25NO4S2. The van der Waals surface area contributed by atoms with E-state index < -0.39 is 24.9 Å². The van der Waals surface area contributed by atoms with Gasteiger partial charge in [0.15, 0.2) is 9.84 Å². The monoisotopic (exact) mass is 311 g/mol. The highest BCUT2D eigenvalue weighted by Crippen LogP contribution is 2.34. The highest BCUT2D eigenvalue weighted by Gasteiger charge is 2.37. The van der Waals surface area contributed by atoms with E-state index in [4.69, 9.17) is 5.73 Å². The Labute approximate surface area is 116 Å². The van der Waals surface area contributed by atoms with Gasteiger partial charge in [-0.15, -0.1) is 0 Å². The van der Waals surface area contributed by atoms with Crippen molar-refractivity contribution in [1.29, 1.82) is 0 Å². The molecule has 0 radical (unpaired) electrons. The lowest BCUT2D eigenvalue weighted by atomic mass is 9.80. The molecule has 1 aliphatic carbocycles. The van der Waals surface area contributed by atoms with E-state index in [2.05, 4.69) is 6.92 Å². The fourth-order valence-corrected chi connectivity index (χ4v) is 6.62. The summed E-state index contributed by atoms with van der Waals surface area (Å²) in [4.78, 5) is 0. The first-order valence-electron chi connectivity index (χ1n) is 6.79. The molecule has 1 rings (SSSR count). The summed E-state index contributed by atoms with van der Waals surface area (Å²) in [5.41, 5.74) is 5.68. The van der Waals surface area contributed by atoms with Crippen LogP contribution >= 0.6 is 0 Å². The van der Waals surface area contributed by atoms with Gasteiger partial charge in [0.05, 0.1) is 16.8 Å². The SMILES string of the molecule is CCC1CCC(CN)C(S(=O)(=O)CCS(C)(=O)=O)C1. The molecule has 7 heteroatoms. The zero-order valence-corrected chi connectivity index (χ0v) is 13.3. The Morgan fingerprint density at radius 2 is 1.74 bits per heavy atom. The lowest BCUT2D eigenvalue weighted by Crippen LogP contribution is -2.41. The van der Waals surface area contributed by atoms with E-state index in [1.807, 2.05) is 0 Å². The van der Waals surface area contributed by atoms with E-state index in [1.54, 1.807) is 0 Å². The van der Waals surface area contributed by atoms with Crippen LogP contribution in [-0.4, -0.2) is 46.4 Å². The van der Waals surface area contributed by atoms with E-state index in [1.165, 1.54) is 0 Å². The molecule has 1 saturated carbocycles. The Hall–Kier alpha value is -0.140. The van der Waals surface area contributed by atoms with Crippen LogP contribution in [0.5, 0.6) is 0 Å². The maximum atomic E-state index is 12.3. The van der Waals surface area contributed by atoms with Crippen LogP contribution in [0.3, 0.4) is 0 Å². The van der Waals surface area contributed by atoms with Crippen LogP contribution in [0.25, 0.3) is 0 Å². The molecular weight excluding hydrogens is 286 g/mol. The Kier molecular flexibility index (Phi) is 5.82. The molecule has 2 N–H and O–H groups in total. The molecule has 0 aromatic carbocycles. The van der Waals surface area contributed by atoms with Crippen LogP contribution in [0.1, 0.15) is 32.6 Å². The van der Waals surface area contributed by atoms with Crippen molar-refractivity contribution in [3.8, 4) is 0 Å². The van der Waals surface area contributed by atoms with Gasteiger partial charge in [0.2, 0.25) is 0 Å². The van der Waals surface area contributed by atoms with Crippen LogP contribution in [-0.2, 0) is 19.7 Å². The van der Waals surface area contributed by atoms with E-state index in [0.717, 1.165) is 25.5 Å². The van der Waals surface area contributed by atoms with E-state index in [9.17, 15) is 16.8 Å². The third kappa shape index (κ3) is 5.04. The first-order chi connectivity index (χ1) is 8.69. The second kappa shape index (κ2) is 6.54. The molecule has 0 bridgehead atoms. The third-order valence-electron chi connectivity index (χ3n) is 4.12. The van der Waals surface area contributed by atoms with Gasteiger partial charge in [0.25, 0.3) is 0 Å². The van der Waals surface area contributed by atoms with E-state index in [-0.39, 0.29) is 17.4 Å². The van der Waals surface area contributed by atoms with Gasteiger partial charge in [-0.25, -0.2) is 16.8 Å². The Morgan fingerprint density at radius 3 is 2.21 bits per heavy atom. The van der Waals surface area contributed by atoms with Crippen molar-refractivity contribution in [2.75, 3.05) is 24.3 Å². The molecule has 0 aromatic rings. The fourth-order valence-electron chi connectivity index (χ4n) is 2.77. The molecule has 3 atom stereocenters. The van der Waals surface area contributed by atoms with Crippen LogP contribution < -0.4 is 5.73 Å².